The molecule has 0 saturated heterocycles. The summed E-state index contributed by atoms with van der Waals surface area (Å²) >= 11 is 0. The van der Waals surface area contributed by atoms with E-state index < -0.39 is 17.7 Å². The maximum Gasteiger partial charge on any atom is 0.408 e. The Bertz CT molecular complexity index is 368. The average molecular weight is 269 g/mol. The van der Waals surface area contributed by atoms with Crippen LogP contribution in [-0.4, -0.2) is 30.3 Å². The zero-order valence-corrected chi connectivity index (χ0v) is 12.1. The molecule has 0 heterocycles. The predicted molar refractivity (Wildman–Crippen MR) is 69.6 cm³/mol. The van der Waals surface area contributed by atoms with Gasteiger partial charge >= 0.3 is 12.1 Å². The normalized spacial score (nSPS) is 29.6. The van der Waals surface area contributed by atoms with Gasteiger partial charge in [0.1, 0.15) is 11.6 Å². The first-order valence-electron chi connectivity index (χ1n) is 6.92. The molecule has 3 rings (SSSR count). The number of nitrogens with one attached hydrogen (secondary N) is 1. The summed E-state index contributed by atoms with van der Waals surface area (Å²) in [7, 11) is 0. The summed E-state index contributed by atoms with van der Waals surface area (Å²) in [6.07, 6.45) is 2.47. The highest BCUT2D eigenvalue weighted by atomic mass is 16.6. The van der Waals surface area contributed by atoms with Gasteiger partial charge in [0.25, 0.3) is 0 Å². The number of hydrogen-bond acceptors (Lipinski definition) is 4. The maximum absolute atomic E-state index is 12.0. The van der Waals surface area contributed by atoms with Gasteiger partial charge in [-0.2, -0.15) is 0 Å². The number of esters is 1. The Morgan fingerprint density at radius 2 is 1.89 bits per heavy atom. The third-order valence-electron chi connectivity index (χ3n) is 3.88. The van der Waals surface area contributed by atoms with Gasteiger partial charge < -0.3 is 14.8 Å². The Morgan fingerprint density at radius 1 is 1.32 bits per heavy atom. The third-order valence-corrected chi connectivity index (χ3v) is 3.88. The molecule has 3 fully saturated rings. The minimum atomic E-state index is -0.567. The summed E-state index contributed by atoms with van der Waals surface area (Å²) in [6.45, 7) is 7.49. The molecule has 5 heteroatoms. The second-order valence-electron chi connectivity index (χ2n) is 6.67. The van der Waals surface area contributed by atoms with Crippen molar-refractivity contribution in [2.75, 3.05) is 6.61 Å². The molecule has 0 aliphatic heterocycles. The van der Waals surface area contributed by atoms with Crippen LogP contribution >= 0.6 is 0 Å². The lowest BCUT2D eigenvalue weighted by Crippen LogP contribution is -2.66. The van der Waals surface area contributed by atoms with Gasteiger partial charge in [-0.25, -0.2) is 9.59 Å². The number of alkyl carbamates (subject to hydrolysis) is 1. The standard InChI is InChI=1S/C14H23NO4/c1-5-18-11(16)10(14-6-9(7-14)8-14)15-12(17)19-13(2,3)4/h9-10H,5-8H2,1-4H3,(H,15,17)/t9?,10-,14?/m1/s1. The van der Waals surface area contributed by atoms with Crippen LogP contribution in [0.4, 0.5) is 4.79 Å². The molecular weight excluding hydrogens is 246 g/mol. The number of hydrogen-bond donors (Lipinski definition) is 1. The van der Waals surface area contributed by atoms with Gasteiger partial charge in [0.2, 0.25) is 0 Å². The van der Waals surface area contributed by atoms with Gasteiger partial charge in [0.05, 0.1) is 6.61 Å². The number of rotatable bonds is 4. The maximum atomic E-state index is 12.0. The second-order valence-corrected chi connectivity index (χ2v) is 6.67. The van der Waals surface area contributed by atoms with E-state index in [0.717, 1.165) is 25.2 Å². The largest absolute Gasteiger partial charge is 0.464 e. The van der Waals surface area contributed by atoms with Crippen molar-refractivity contribution in [2.45, 2.75) is 58.6 Å². The van der Waals surface area contributed by atoms with E-state index in [2.05, 4.69) is 5.32 Å². The van der Waals surface area contributed by atoms with Crippen LogP contribution in [0.2, 0.25) is 0 Å². The van der Waals surface area contributed by atoms with Crippen LogP contribution in [0.15, 0.2) is 0 Å². The highest BCUT2D eigenvalue weighted by Gasteiger charge is 2.63. The van der Waals surface area contributed by atoms with Crippen molar-refractivity contribution >= 4 is 12.1 Å². The zero-order chi connectivity index (χ0) is 14.3. The van der Waals surface area contributed by atoms with Crippen molar-refractivity contribution in [3.05, 3.63) is 0 Å². The summed E-state index contributed by atoms with van der Waals surface area (Å²) in [5, 5.41) is 2.70. The summed E-state index contributed by atoms with van der Waals surface area (Å²) < 4.78 is 10.3. The molecule has 1 amide bonds. The van der Waals surface area contributed by atoms with Crippen molar-refractivity contribution in [3.8, 4) is 0 Å². The molecule has 0 spiro atoms. The molecule has 0 aromatic rings. The number of carbonyl (C=O) groups excluding carboxylic acids is 2. The van der Waals surface area contributed by atoms with Crippen molar-refractivity contribution in [1.82, 2.24) is 5.32 Å². The molecule has 3 aliphatic rings. The quantitative estimate of drug-likeness (QED) is 0.795. The van der Waals surface area contributed by atoms with Gasteiger partial charge in [-0.15, -0.1) is 0 Å². The van der Waals surface area contributed by atoms with E-state index in [-0.39, 0.29) is 11.4 Å². The van der Waals surface area contributed by atoms with Crippen molar-refractivity contribution in [1.29, 1.82) is 0 Å². The van der Waals surface area contributed by atoms with Crippen molar-refractivity contribution in [2.24, 2.45) is 11.3 Å². The fourth-order valence-corrected chi connectivity index (χ4v) is 3.01. The first-order valence-corrected chi connectivity index (χ1v) is 6.92. The lowest BCUT2D eigenvalue weighted by molar-refractivity contribution is -0.174. The third kappa shape index (κ3) is 2.85. The van der Waals surface area contributed by atoms with Crippen molar-refractivity contribution < 1.29 is 19.1 Å². The molecule has 19 heavy (non-hydrogen) atoms. The van der Waals surface area contributed by atoms with E-state index in [4.69, 9.17) is 9.47 Å². The van der Waals surface area contributed by atoms with E-state index in [1.807, 2.05) is 0 Å². The van der Waals surface area contributed by atoms with E-state index >= 15 is 0 Å². The lowest BCUT2D eigenvalue weighted by atomic mass is 9.42. The Kier molecular flexibility index (Phi) is 3.49. The van der Waals surface area contributed by atoms with Gasteiger partial charge in [-0.3, -0.25) is 0 Å². The van der Waals surface area contributed by atoms with Gasteiger partial charge in [0, 0.05) is 5.41 Å². The molecule has 0 unspecified atom stereocenters. The first kappa shape index (κ1) is 14.2. The molecule has 1 N–H and O–H groups in total. The second kappa shape index (κ2) is 4.69. The molecular formula is C14H23NO4. The molecule has 5 nitrogen and oxygen atoms in total. The molecule has 3 saturated carbocycles. The van der Waals surface area contributed by atoms with E-state index in [9.17, 15) is 9.59 Å². The molecule has 108 valence electrons. The van der Waals surface area contributed by atoms with Crippen LogP contribution in [0.25, 0.3) is 0 Å². The smallest absolute Gasteiger partial charge is 0.408 e. The summed E-state index contributed by atoms with van der Waals surface area (Å²) in [5.41, 5.74) is -0.642. The molecule has 0 aromatic heterocycles. The van der Waals surface area contributed by atoms with Crippen LogP contribution in [-0.2, 0) is 14.3 Å². The molecule has 2 bridgehead atoms. The number of ether oxygens (including phenoxy) is 2. The van der Waals surface area contributed by atoms with E-state index in [1.54, 1.807) is 27.7 Å². The average Bonchev–Trinajstić information content (AvgIpc) is 2.08. The van der Waals surface area contributed by atoms with Crippen LogP contribution in [0.1, 0.15) is 47.0 Å². The lowest BCUT2D eigenvalue weighted by Gasteiger charge is -2.64. The Balaban J connectivity index is 1.98. The molecule has 0 radical (unpaired) electrons. The highest BCUT2D eigenvalue weighted by Crippen LogP contribution is 2.66. The highest BCUT2D eigenvalue weighted by molar-refractivity contribution is 5.83. The minimum Gasteiger partial charge on any atom is -0.464 e. The fraction of sp³-hybridized carbons (Fsp3) is 0.857. The monoisotopic (exact) mass is 269 g/mol. The van der Waals surface area contributed by atoms with Gasteiger partial charge in [-0.1, -0.05) is 0 Å². The summed E-state index contributed by atoms with van der Waals surface area (Å²) in [4.78, 5) is 23.9. The zero-order valence-electron chi connectivity index (χ0n) is 12.1. The van der Waals surface area contributed by atoms with Crippen molar-refractivity contribution in [3.63, 3.8) is 0 Å². The van der Waals surface area contributed by atoms with Crippen LogP contribution in [0.5, 0.6) is 0 Å². The molecule has 0 aromatic carbocycles. The van der Waals surface area contributed by atoms with Gasteiger partial charge in [0.15, 0.2) is 0 Å². The Hall–Kier alpha value is -1.26. The molecule has 3 aliphatic carbocycles. The van der Waals surface area contributed by atoms with E-state index in [0.29, 0.717) is 6.61 Å². The van der Waals surface area contributed by atoms with Crippen LogP contribution in [0.3, 0.4) is 0 Å². The van der Waals surface area contributed by atoms with Crippen LogP contribution in [0, 0.1) is 11.3 Å². The predicted octanol–water partition coefficient (Wildman–Crippen LogP) is 2.24. The fourth-order valence-electron chi connectivity index (χ4n) is 3.01. The Morgan fingerprint density at radius 3 is 2.26 bits per heavy atom. The number of amides is 1. The SMILES string of the molecule is CCOC(=O)[C@@H](NC(=O)OC(C)(C)C)C12CC(C1)C2. The number of carbonyl (C=O) groups is 2. The van der Waals surface area contributed by atoms with E-state index in [1.165, 1.54) is 0 Å². The van der Waals surface area contributed by atoms with Crippen LogP contribution < -0.4 is 5.32 Å². The Labute approximate surface area is 114 Å². The molecule has 1 atom stereocenters. The topological polar surface area (TPSA) is 64.6 Å². The summed E-state index contributed by atoms with van der Waals surface area (Å²) in [6, 6.07) is -0.563. The van der Waals surface area contributed by atoms with Gasteiger partial charge in [-0.05, 0) is 52.9 Å². The minimum absolute atomic E-state index is 0.0756. The summed E-state index contributed by atoms with van der Waals surface area (Å²) in [5.74, 6) is 0.392. The first-order chi connectivity index (χ1) is 8.76.